The Kier molecular flexibility index (Phi) is 6.86. The molecule has 0 saturated carbocycles. The Hall–Kier alpha value is -3.18. The average molecular weight is 431 g/mol. The minimum Gasteiger partial charge on any atom is -0.496 e. The first-order valence-electron chi connectivity index (χ1n) is 11.2. The number of pyridine rings is 1. The molecule has 5 heteroatoms. The summed E-state index contributed by atoms with van der Waals surface area (Å²) in [5, 5.41) is 0. The van der Waals surface area contributed by atoms with Crippen molar-refractivity contribution in [3.8, 4) is 17.0 Å². The lowest BCUT2D eigenvalue weighted by Gasteiger charge is -2.40. The number of hydrogen-bond acceptors (Lipinski definition) is 5. The summed E-state index contributed by atoms with van der Waals surface area (Å²) in [6.07, 6.45) is 3.27. The average Bonchev–Trinajstić information content (AvgIpc) is 2.85. The Bertz CT molecular complexity index is 1030. The van der Waals surface area contributed by atoms with E-state index in [1.807, 2.05) is 55.6 Å². The molecule has 1 aliphatic heterocycles. The van der Waals surface area contributed by atoms with Crippen LogP contribution in [-0.2, 0) is 21.5 Å². The smallest absolute Gasteiger partial charge is 0.316 e. The first-order valence-corrected chi connectivity index (χ1v) is 11.2. The highest BCUT2D eigenvalue weighted by Crippen LogP contribution is 2.38. The summed E-state index contributed by atoms with van der Waals surface area (Å²) >= 11 is 0. The van der Waals surface area contributed by atoms with E-state index in [-0.39, 0.29) is 5.97 Å². The molecule has 0 unspecified atom stereocenters. The SMILES string of the molecule is CCOC(=O)C1(c2ccc(-c3ccccc3OC)nc2)CCN(Cc2ccccc2)CC1. The maximum atomic E-state index is 13.2. The highest BCUT2D eigenvalue weighted by molar-refractivity contribution is 5.83. The molecule has 0 aliphatic carbocycles. The third kappa shape index (κ3) is 4.53. The van der Waals surface area contributed by atoms with Gasteiger partial charge in [-0.15, -0.1) is 0 Å². The molecule has 1 saturated heterocycles. The highest BCUT2D eigenvalue weighted by Gasteiger charge is 2.44. The Balaban J connectivity index is 1.56. The summed E-state index contributed by atoms with van der Waals surface area (Å²) in [7, 11) is 1.66. The van der Waals surface area contributed by atoms with E-state index in [0.29, 0.717) is 19.4 Å². The van der Waals surface area contributed by atoms with Gasteiger partial charge in [-0.25, -0.2) is 0 Å². The zero-order valence-corrected chi connectivity index (χ0v) is 18.8. The van der Waals surface area contributed by atoms with Gasteiger partial charge in [0.25, 0.3) is 0 Å². The van der Waals surface area contributed by atoms with Crippen LogP contribution in [0.2, 0.25) is 0 Å². The van der Waals surface area contributed by atoms with E-state index in [1.54, 1.807) is 7.11 Å². The van der Waals surface area contributed by atoms with Crippen LogP contribution in [-0.4, -0.2) is 42.7 Å². The first-order chi connectivity index (χ1) is 15.7. The lowest BCUT2D eigenvalue weighted by atomic mass is 9.73. The maximum absolute atomic E-state index is 13.2. The molecule has 2 aromatic carbocycles. The number of carbonyl (C=O) groups is 1. The Morgan fingerprint density at radius 3 is 2.38 bits per heavy atom. The standard InChI is InChI=1S/C27H30N2O3/c1-3-32-26(30)27(15-17-29(18-16-27)20-21-9-5-4-6-10-21)22-13-14-24(28-19-22)23-11-7-8-12-25(23)31-2/h4-14,19H,3,15-18,20H2,1-2H3. The summed E-state index contributed by atoms with van der Waals surface area (Å²) in [6.45, 7) is 4.80. The van der Waals surface area contributed by atoms with Crippen LogP contribution >= 0.6 is 0 Å². The third-order valence-electron chi connectivity index (χ3n) is 6.32. The third-order valence-corrected chi connectivity index (χ3v) is 6.32. The zero-order valence-electron chi connectivity index (χ0n) is 18.8. The van der Waals surface area contributed by atoms with Crippen LogP contribution in [0.15, 0.2) is 72.9 Å². The van der Waals surface area contributed by atoms with E-state index >= 15 is 0 Å². The normalized spacial score (nSPS) is 15.8. The molecule has 166 valence electrons. The van der Waals surface area contributed by atoms with Crippen LogP contribution in [0.1, 0.15) is 30.9 Å². The molecule has 0 bridgehead atoms. The van der Waals surface area contributed by atoms with Crippen molar-refractivity contribution in [3.63, 3.8) is 0 Å². The molecule has 0 amide bonds. The minimum absolute atomic E-state index is 0.147. The van der Waals surface area contributed by atoms with Gasteiger partial charge in [0.05, 0.1) is 24.8 Å². The molecule has 32 heavy (non-hydrogen) atoms. The zero-order chi connectivity index (χ0) is 22.4. The Labute approximate surface area is 190 Å². The number of benzene rings is 2. The van der Waals surface area contributed by atoms with Crippen LogP contribution in [0, 0.1) is 0 Å². The molecule has 4 rings (SSSR count). The van der Waals surface area contributed by atoms with Crippen LogP contribution in [0.3, 0.4) is 0 Å². The molecule has 2 heterocycles. The summed E-state index contributed by atoms with van der Waals surface area (Å²) in [4.78, 5) is 20.3. The van der Waals surface area contributed by atoms with Gasteiger partial charge < -0.3 is 9.47 Å². The summed E-state index contributed by atoms with van der Waals surface area (Å²) in [5.41, 5.74) is 3.32. The predicted octanol–water partition coefficient (Wildman–Crippen LogP) is 4.85. The minimum atomic E-state index is -0.657. The number of esters is 1. The number of likely N-dealkylation sites (tertiary alicyclic amines) is 1. The lowest BCUT2D eigenvalue weighted by molar-refractivity contribution is -0.152. The predicted molar refractivity (Wildman–Crippen MR) is 125 cm³/mol. The number of carbonyl (C=O) groups excluding carboxylic acids is 1. The van der Waals surface area contributed by atoms with Gasteiger partial charge in [-0.05, 0) is 62.2 Å². The maximum Gasteiger partial charge on any atom is 0.316 e. The first kappa shape index (κ1) is 22.0. The molecule has 3 aromatic rings. The van der Waals surface area contributed by atoms with Gasteiger partial charge in [0.1, 0.15) is 5.75 Å². The molecule has 0 atom stereocenters. The summed E-state index contributed by atoms with van der Waals surface area (Å²) in [6, 6.07) is 22.3. The van der Waals surface area contributed by atoms with Crippen molar-refractivity contribution in [2.75, 3.05) is 26.8 Å². The molecule has 0 radical (unpaired) electrons. The Morgan fingerprint density at radius 1 is 1.00 bits per heavy atom. The number of methoxy groups -OCH3 is 1. The second kappa shape index (κ2) is 9.96. The van der Waals surface area contributed by atoms with Crippen molar-refractivity contribution >= 4 is 5.97 Å². The second-order valence-corrected chi connectivity index (χ2v) is 8.20. The molecular formula is C27H30N2O3. The molecular weight excluding hydrogens is 400 g/mol. The number of para-hydroxylation sites is 1. The summed E-state index contributed by atoms with van der Waals surface area (Å²) < 4.78 is 11.0. The van der Waals surface area contributed by atoms with Crippen LogP contribution in [0.4, 0.5) is 0 Å². The van der Waals surface area contributed by atoms with Gasteiger partial charge in [0.2, 0.25) is 0 Å². The number of nitrogens with zero attached hydrogens (tertiary/aromatic N) is 2. The van der Waals surface area contributed by atoms with Gasteiger partial charge in [-0.2, -0.15) is 0 Å². The summed E-state index contributed by atoms with van der Waals surface area (Å²) in [5.74, 6) is 0.633. The van der Waals surface area contributed by atoms with E-state index in [1.165, 1.54) is 5.56 Å². The number of piperidine rings is 1. The molecule has 1 aliphatic rings. The van der Waals surface area contributed by atoms with Gasteiger partial charge in [0, 0.05) is 18.3 Å². The number of ether oxygens (including phenoxy) is 2. The van der Waals surface area contributed by atoms with Crippen LogP contribution < -0.4 is 4.74 Å². The van der Waals surface area contributed by atoms with Gasteiger partial charge >= 0.3 is 5.97 Å². The van der Waals surface area contributed by atoms with Gasteiger partial charge in [0.15, 0.2) is 0 Å². The quantitative estimate of drug-likeness (QED) is 0.502. The van der Waals surface area contributed by atoms with Gasteiger partial charge in [-0.1, -0.05) is 48.5 Å². The fourth-order valence-electron chi connectivity index (χ4n) is 4.51. The molecule has 1 fully saturated rings. The van der Waals surface area contributed by atoms with Crippen LogP contribution in [0.5, 0.6) is 5.75 Å². The van der Waals surface area contributed by atoms with E-state index in [9.17, 15) is 4.79 Å². The van der Waals surface area contributed by atoms with Crippen molar-refractivity contribution in [1.82, 2.24) is 9.88 Å². The van der Waals surface area contributed by atoms with E-state index < -0.39 is 5.41 Å². The number of hydrogen-bond donors (Lipinski definition) is 0. The Morgan fingerprint density at radius 2 is 1.72 bits per heavy atom. The van der Waals surface area contributed by atoms with E-state index in [0.717, 1.165) is 42.2 Å². The van der Waals surface area contributed by atoms with Crippen molar-refractivity contribution in [1.29, 1.82) is 0 Å². The molecule has 5 nitrogen and oxygen atoms in total. The fraction of sp³-hybridized carbons (Fsp3) is 0.333. The van der Waals surface area contributed by atoms with E-state index in [4.69, 9.17) is 14.5 Å². The highest BCUT2D eigenvalue weighted by atomic mass is 16.5. The fourth-order valence-corrected chi connectivity index (χ4v) is 4.51. The second-order valence-electron chi connectivity index (χ2n) is 8.20. The van der Waals surface area contributed by atoms with E-state index in [2.05, 4.69) is 29.2 Å². The number of rotatable bonds is 7. The van der Waals surface area contributed by atoms with Gasteiger partial charge in [-0.3, -0.25) is 14.7 Å². The molecule has 0 N–H and O–H groups in total. The van der Waals surface area contributed by atoms with Crippen LogP contribution in [0.25, 0.3) is 11.3 Å². The topological polar surface area (TPSA) is 51.7 Å². The lowest BCUT2D eigenvalue weighted by Crippen LogP contribution is -2.48. The molecule has 0 spiro atoms. The van der Waals surface area contributed by atoms with Crippen molar-refractivity contribution in [2.45, 2.75) is 31.7 Å². The monoisotopic (exact) mass is 430 g/mol. The van der Waals surface area contributed by atoms with Crippen molar-refractivity contribution in [3.05, 3.63) is 84.1 Å². The van der Waals surface area contributed by atoms with Crippen molar-refractivity contribution in [2.24, 2.45) is 0 Å². The van der Waals surface area contributed by atoms with Crippen molar-refractivity contribution < 1.29 is 14.3 Å². The largest absolute Gasteiger partial charge is 0.496 e. The molecule has 1 aromatic heterocycles. The number of aromatic nitrogens is 1.